The Morgan fingerprint density at radius 2 is 2.12 bits per heavy atom. The molecule has 2 nitrogen and oxygen atoms in total. The summed E-state index contributed by atoms with van der Waals surface area (Å²) in [5.41, 5.74) is 1.22. The van der Waals surface area contributed by atoms with Crippen LogP contribution in [-0.4, -0.2) is 12.1 Å². The molecular formula is C15H24O2. The van der Waals surface area contributed by atoms with Crippen molar-refractivity contribution in [2.24, 2.45) is 17.8 Å². The maximum absolute atomic E-state index is 11.9. The molecule has 0 saturated heterocycles. The van der Waals surface area contributed by atoms with E-state index in [9.17, 15) is 9.59 Å². The lowest BCUT2D eigenvalue weighted by Crippen LogP contribution is -2.23. The van der Waals surface area contributed by atoms with Gasteiger partial charge in [-0.25, -0.2) is 0 Å². The molecule has 0 saturated carbocycles. The molecule has 0 fully saturated rings. The standard InChI is InChI=1S/C15H24O2/c1-11-7-8-14(15(17)9-11)13(3)6-4-5-12(2)10-16/h9-10,12-14H,4-8H2,1-3H3. The van der Waals surface area contributed by atoms with Crippen LogP contribution in [-0.2, 0) is 9.59 Å². The number of carbonyl (C=O) groups is 2. The monoisotopic (exact) mass is 236 g/mol. The second-order valence-corrected chi connectivity index (χ2v) is 5.56. The average molecular weight is 236 g/mol. The number of ketones is 1. The Morgan fingerprint density at radius 1 is 1.41 bits per heavy atom. The van der Waals surface area contributed by atoms with E-state index in [1.54, 1.807) is 0 Å². The van der Waals surface area contributed by atoms with Crippen molar-refractivity contribution >= 4 is 12.1 Å². The largest absolute Gasteiger partial charge is 0.303 e. The zero-order chi connectivity index (χ0) is 12.8. The maximum Gasteiger partial charge on any atom is 0.158 e. The van der Waals surface area contributed by atoms with Crippen molar-refractivity contribution in [1.29, 1.82) is 0 Å². The number of carbonyl (C=O) groups excluding carboxylic acids is 2. The molecule has 0 radical (unpaired) electrons. The molecule has 0 aromatic heterocycles. The molecule has 1 aliphatic carbocycles. The number of rotatable bonds is 6. The molecule has 3 unspecified atom stereocenters. The van der Waals surface area contributed by atoms with Gasteiger partial charge in [-0.15, -0.1) is 0 Å². The summed E-state index contributed by atoms with van der Waals surface area (Å²) >= 11 is 0. The van der Waals surface area contributed by atoms with Crippen molar-refractivity contribution in [3.05, 3.63) is 11.6 Å². The highest BCUT2D eigenvalue weighted by molar-refractivity contribution is 5.93. The summed E-state index contributed by atoms with van der Waals surface area (Å²) in [6.45, 7) is 6.16. The van der Waals surface area contributed by atoms with E-state index < -0.39 is 0 Å². The molecule has 0 N–H and O–H groups in total. The molecule has 1 aliphatic rings. The van der Waals surface area contributed by atoms with Gasteiger partial charge in [0.2, 0.25) is 0 Å². The minimum atomic E-state index is 0.159. The molecule has 0 aromatic carbocycles. The first-order valence-electron chi connectivity index (χ1n) is 6.71. The van der Waals surface area contributed by atoms with Crippen molar-refractivity contribution in [1.82, 2.24) is 0 Å². The fourth-order valence-corrected chi connectivity index (χ4v) is 2.54. The number of allylic oxidation sites excluding steroid dienone is 2. The van der Waals surface area contributed by atoms with Gasteiger partial charge in [0.25, 0.3) is 0 Å². The smallest absolute Gasteiger partial charge is 0.158 e. The molecule has 0 bridgehead atoms. The summed E-state index contributed by atoms with van der Waals surface area (Å²) in [4.78, 5) is 22.4. The van der Waals surface area contributed by atoms with E-state index in [-0.39, 0.29) is 11.8 Å². The highest BCUT2D eigenvalue weighted by atomic mass is 16.1. The third kappa shape index (κ3) is 4.45. The van der Waals surface area contributed by atoms with E-state index >= 15 is 0 Å². The van der Waals surface area contributed by atoms with Gasteiger partial charge >= 0.3 is 0 Å². The Balaban J connectivity index is 2.35. The third-order valence-corrected chi connectivity index (χ3v) is 3.84. The van der Waals surface area contributed by atoms with Gasteiger partial charge in [-0.3, -0.25) is 4.79 Å². The molecule has 3 atom stereocenters. The SMILES string of the molecule is CC1=CC(=O)C(C(C)CCCC(C)C=O)CC1. The second-order valence-electron chi connectivity index (χ2n) is 5.56. The quantitative estimate of drug-likeness (QED) is 0.661. The van der Waals surface area contributed by atoms with Crippen molar-refractivity contribution in [3.8, 4) is 0 Å². The van der Waals surface area contributed by atoms with Crippen LogP contribution in [0.5, 0.6) is 0 Å². The molecule has 0 spiro atoms. The molecule has 17 heavy (non-hydrogen) atoms. The third-order valence-electron chi connectivity index (χ3n) is 3.84. The summed E-state index contributed by atoms with van der Waals surface area (Å²) < 4.78 is 0. The van der Waals surface area contributed by atoms with Crippen LogP contribution in [0.3, 0.4) is 0 Å². The number of aldehydes is 1. The molecule has 1 rings (SSSR count). The molecule has 0 heterocycles. The van der Waals surface area contributed by atoms with Crippen LogP contribution in [0, 0.1) is 17.8 Å². The van der Waals surface area contributed by atoms with E-state index in [2.05, 4.69) is 6.92 Å². The number of hydrogen-bond donors (Lipinski definition) is 0. The van der Waals surface area contributed by atoms with Crippen LogP contribution in [0.25, 0.3) is 0 Å². The van der Waals surface area contributed by atoms with Crippen LogP contribution < -0.4 is 0 Å². The second kappa shape index (κ2) is 6.73. The first kappa shape index (κ1) is 14.1. The lowest BCUT2D eigenvalue weighted by Gasteiger charge is -2.25. The number of hydrogen-bond acceptors (Lipinski definition) is 2. The minimum absolute atomic E-state index is 0.159. The Kier molecular flexibility index (Phi) is 5.60. The van der Waals surface area contributed by atoms with Crippen molar-refractivity contribution in [3.63, 3.8) is 0 Å². The van der Waals surface area contributed by atoms with Gasteiger partial charge in [-0.1, -0.05) is 25.8 Å². The summed E-state index contributed by atoms with van der Waals surface area (Å²) in [5.74, 6) is 1.13. The first-order chi connectivity index (χ1) is 8.04. The van der Waals surface area contributed by atoms with Gasteiger partial charge in [0.1, 0.15) is 6.29 Å². The van der Waals surface area contributed by atoms with Gasteiger partial charge in [-0.05, 0) is 44.6 Å². The molecule has 0 aromatic rings. The normalized spacial score (nSPS) is 24.1. The van der Waals surface area contributed by atoms with E-state index in [4.69, 9.17) is 0 Å². The van der Waals surface area contributed by atoms with Crippen molar-refractivity contribution < 1.29 is 9.59 Å². The van der Waals surface area contributed by atoms with Crippen LogP contribution >= 0.6 is 0 Å². The van der Waals surface area contributed by atoms with Gasteiger partial charge in [-0.2, -0.15) is 0 Å². The molecule has 0 amide bonds. The Bertz CT molecular complexity index is 304. The fourth-order valence-electron chi connectivity index (χ4n) is 2.54. The molecule has 0 aliphatic heterocycles. The minimum Gasteiger partial charge on any atom is -0.303 e. The van der Waals surface area contributed by atoms with Crippen LogP contribution in [0.4, 0.5) is 0 Å². The van der Waals surface area contributed by atoms with E-state index in [1.807, 2.05) is 19.9 Å². The van der Waals surface area contributed by atoms with Crippen LogP contribution in [0.1, 0.15) is 52.9 Å². The zero-order valence-corrected chi connectivity index (χ0v) is 11.2. The lowest BCUT2D eigenvalue weighted by molar-refractivity contribution is -0.120. The van der Waals surface area contributed by atoms with Crippen LogP contribution in [0.15, 0.2) is 11.6 Å². The first-order valence-corrected chi connectivity index (χ1v) is 6.71. The zero-order valence-electron chi connectivity index (χ0n) is 11.2. The lowest BCUT2D eigenvalue weighted by atomic mass is 9.78. The van der Waals surface area contributed by atoms with Crippen molar-refractivity contribution in [2.75, 3.05) is 0 Å². The average Bonchev–Trinajstić information content (AvgIpc) is 2.28. The van der Waals surface area contributed by atoms with E-state index in [1.165, 1.54) is 5.57 Å². The van der Waals surface area contributed by atoms with E-state index in [0.29, 0.717) is 11.7 Å². The van der Waals surface area contributed by atoms with Crippen LogP contribution in [0.2, 0.25) is 0 Å². The Hall–Kier alpha value is -0.920. The predicted octanol–water partition coefficient (Wildman–Crippen LogP) is 3.55. The van der Waals surface area contributed by atoms with Gasteiger partial charge < -0.3 is 4.79 Å². The van der Waals surface area contributed by atoms with Gasteiger partial charge in [0, 0.05) is 11.8 Å². The summed E-state index contributed by atoms with van der Waals surface area (Å²) in [6.07, 6.45) is 7.96. The van der Waals surface area contributed by atoms with Gasteiger partial charge in [0.05, 0.1) is 0 Å². The highest BCUT2D eigenvalue weighted by Crippen LogP contribution is 2.29. The summed E-state index contributed by atoms with van der Waals surface area (Å²) in [5, 5.41) is 0. The predicted molar refractivity (Wildman–Crippen MR) is 69.7 cm³/mol. The fraction of sp³-hybridized carbons (Fsp3) is 0.733. The van der Waals surface area contributed by atoms with E-state index in [0.717, 1.165) is 38.4 Å². The maximum atomic E-state index is 11.9. The summed E-state index contributed by atoms with van der Waals surface area (Å²) in [7, 11) is 0. The highest BCUT2D eigenvalue weighted by Gasteiger charge is 2.26. The topological polar surface area (TPSA) is 34.1 Å². The Morgan fingerprint density at radius 3 is 2.71 bits per heavy atom. The van der Waals surface area contributed by atoms with Gasteiger partial charge in [0.15, 0.2) is 5.78 Å². The summed E-state index contributed by atoms with van der Waals surface area (Å²) in [6, 6.07) is 0. The molecule has 96 valence electrons. The molecule has 2 heteroatoms. The Labute approximate surface area is 104 Å². The van der Waals surface area contributed by atoms with Crippen molar-refractivity contribution in [2.45, 2.75) is 52.9 Å². The molecular weight excluding hydrogens is 212 g/mol.